The number of ketones is 1. The van der Waals surface area contributed by atoms with Gasteiger partial charge in [0.2, 0.25) is 17.7 Å². The number of nitrogens with two attached hydrogens (primary N) is 1. The number of aliphatic carboxylic acids is 1. The fraction of sp³-hybridized carbons (Fsp3) is 0.828. The number of Topliss-reactive ketones (excluding diaryl/α,β-unsaturated/α-hetero) is 1. The second-order valence-corrected chi connectivity index (χ2v) is 12.2. The Labute approximate surface area is 255 Å². The molecule has 0 aromatic carbocycles. The maximum Gasteiger partial charge on any atom is 0.305 e. The number of carboxylic acids is 1. The van der Waals surface area contributed by atoms with Gasteiger partial charge in [-0.05, 0) is 58.1 Å². The Morgan fingerprint density at radius 2 is 1.43 bits per heavy atom. The SMILES string of the molecule is CCCCCCC(C)C(=O)C(CCSCC[C@H](NC)C(=O)N[C@H](C(N)=O)[C@@H](C)O)NC(=O)[C@H](CC(=O)O)NC(C)CC. The number of nitrogens with one attached hydrogen (secondary N) is 4. The molecule has 0 aliphatic rings. The van der Waals surface area contributed by atoms with E-state index in [-0.39, 0.29) is 17.7 Å². The first-order chi connectivity index (χ1) is 19.8. The number of carbonyl (C=O) groups is 5. The van der Waals surface area contributed by atoms with Gasteiger partial charge in [0.15, 0.2) is 5.78 Å². The number of aliphatic hydroxyl groups excluding tert-OH is 1. The zero-order valence-corrected chi connectivity index (χ0v) is 27.1. The van der Waals surface area contributed by atoms with Gasteiger partial charge in [-0.15, -0.1) is 0 Å². The number of carboxylic acid groups (broad SMARTS) is 1. The number of thioether (sulfide) groups is 1. The van der Waals surface area contributed by atoms with Gasteiger partial charge in [0.1, 0.15) is 6.04 Å². The van der Waals surface area contributed by atoms with Crippen molar-refractivity contribution < 1.29 is 34.2 Å². The molecule has 12 nitrogen and oxygen atoms in total. The number of carbonyl (C=O) groups excluding carboxylic acids is 4. The van der Waals surface area contributed by atoms with Gasteiger partial charge in [0.05, 0.1) is 30.7 Å². The molecule has 0 aromatic heterocycles. The van der Waals surface area contributed by atoms with E-state index in [2.05, 4.69) is 28.2 Å². The third kappa shape index (κ3) is 16.4. The molecule has 0 heterocycles. The number of rotatable bonds is 25. The fourth-order valence-corrected chi connectivity index (χ4v) is 5.39. The van der Waals surface area contributed by atoms with Crippen molar-refractivity contribution in [3.63, 3.8) is 0 Å². The Morgan fingerprint density at radius 3 is 1.93 bits per heavy atom. The summed E-state index contributed by atoms with van der Waals surface area (Å²) in [5, 5.41) is 30.3. The lowest BCUT2D eigenvalue weighted by atomic mass is 9.92. The Hall–Kier alpha value is -2.22. The van der Waals surface area contributed by atoms with Gasteiger partial charge in [-0.25, -0.2) is 0 Å². The molecule has 42 heavy (non-hydrogen) atoms. The van der Waals surface area contributed by atoms with Gasteiger partial charge < -0.3 is 37.2 Å². The molecule has 0 rings (SSSR count). The van der Waals surface area contributed by atoms with Crippen LogP contribution in [-0.4, -0.2) is 94.6 Å². The van der Waals surface area contributed by atoms with Crippen LogP contribution in [0.2, 0.25) is 0 Å². The molecule has 7 atom stereocenters. The van der Waals surface area contributed by atoms with E-state index in [1.54, 1.807) is 7.05 Å². The van der Waals surface area contributed by atoms with E-state index in [1.165, 1.54) is 18.7 Å². The molecule has 0 spiro atoms. The van der Waals surface area contributed by atoms with E-state index in [0.29, 0.717) is 30.8 Å². The molecule has 0 aliphatic heterocycles. The standard InChI is InChI=1S/C29H55N5O7S/c1-7-9-10-11-12-18(3)26(38)21(33-29(41)23(17-24(36)37)32-19(4)8-2)13-15-42-16-14-22(31-6)28(40)34-25(20(5)35)27(30)39/h18-23,25,31-32,35H,7-17H2,1-6H3,(H2,30,39)(H,33,41)(H,34,40)(H,36,37)/t18?,19?,20-,21?,22+,23+,25+/m1/s1. The Balaban J connectivity index is 5.31. The van der Waals surface area contributed by atoms with Crippen molar-refractivity contribution in [2.75, 3.05) is 18.6 Å². The first-order valence-corrected chi connectivity index (χ1v) is 16.3. The van der Waals surface area contributed by atoms with Gasteiger partial charge in [0, 0.05) is 12.0 Å². The molecule has 244 valence electrons. The van der Waals surface area contributed by atoms with Crippen molar-refractivity contribution in [3.8, 4) is 0 Å². The monoisotopic (exact) mass is 617 g/mol. The van der Waals surface area contributed by atoms with Crippen LogP contribution >= 0.6 is 11.8 Å². The van der Waals surface area contributed by atoms with E-state index < -0.39 is 60.4 Å². The minimum absolute atomic E-state index is 0.0684. The Bertz CT molecular complexity index is 845. The quantitative estimate of drug-likeness (QED) is 0.0733. The van der Waals surface area contributed by atoms with Crippen molar-refractivity contribution in [1.29, 1.82) is 0 Å². The van der Waals surface area contributed by atoms with Gasteiger partial charge in [-0.1, -0.05) is 46.5 Å². The predicted molar refractivity (Wildman–Crippen MR) is 166 cm³/mol. The molecular formula is C29H55N5O7S. The Kier molecular flexibility index (Phi) is 21.2. The molecule has 0 saturated carbocycles. The number of unbranched alkanes of at least 4 members (excludes halogenated alkanes) is 3. The minimum atomic E-state index is -1.19. The highest BCUT2D eigenvalue weighted by atomic mass is 32.2. The second kappa shape index (κ2) is 22.3. The molecule has 3 amide bonds. The number of hydrogen-bond donors (Lipinski definition) is 7. The maximum atomic E-state index is 13.4. The first-order valence-electron chi connectivity index (χ1n) is 15.1. The molecule has 0 fully saturated rings. The van der Waals surface area contributed by atoms with Gasteiger partial charge in [-0.3, -0.25) is 24.0 Å². The smallest absolute Gasteiger partial charge is 0.305 e. The number of primary amides is 1. The number of amides is 3. The van der Waals surface area contributed by atoms with Crippen molar-refractivity contribution in [2.45, 2.75) is 129 Å². The van der Waals surface area contributed by atoms with Gasteiger partial charge in [0.25, 0.3) is 0 Å². The number of aliphatic hydroxyl groups is 1. The van der Waals surface area contributed by atoms with Crippen molar-refractivity contribution in [2.24, 2.45) is 11.7 Å². The van der Waals surface area contributed by atoms with E-state index in [0.717, 1.165) is 32.1 Å². The van der Waals surface area contributed by atoms with Gasteiger partial charge >= 0.3 is 5.97 Å². The van der Waals surface area contributed by atoms with Crippen molar-refractivity contribution in [3.05, 3.63) is 0 Å². The zero-order valence-electron chi connectivity index (χ0n) is 26.2. The zero-order chi connectivity index (χ0) is 32.2. The summed E-state index contributed by atoms with van der Waals surface area (Å²) in [6, 6.07) is -3.60. The van der Waals surface area contributed by atoms with E-state index in [1.807, 2.05) is 20.8 Å². The predicted octanol–water partition coefficient (Wildman–Crippen LogP) is 1.33. The van der Waals surface area contributed by atoms with Gasteiger partial charge in [-0.2, -0.15) is 11.8 Å². The van der Waals surface area contributed by atoms with E-state index in [4.69, 9.17) is 5.73 Å². The number of hydrogen-bond acceptors (Lipinski definition) is 9. The van der Waals surface area contributed by atoms with Crippen LogP contribution in [0.1, 0.15) is 92.4 Å². The second-order valence-electron chi connectivity index (χ2n) is 11.0. The summed E-state index contributed by atoms with van der Waals surface area (Å²) in [7, 11) is 1.61. The van der Waals surface area contributed by atoms with Crippen LogP contribution in [0, 0.1) is 5.92 Å². The lowest BCUT2D eigenvalue weighted by molar-refractivity contribution is -0.140. The topological polar surface area (TPSA) is 200 Å². The summed E-state index contributed by atoms with van der Waals surface area (Å²) >= 11 is 1.51. The molecule has 0 aliphatic carbocycles. The highest BCUT2D eigenvalue weighted by Crippen LogP contribution is 2.17. The average molecular weight is 618 g/mol. The normalized spacial score (nSPS) is 16.4. The molecular weight excluding hydrogens is 562 g/mol. The van der Waals surface area contributed by atoms with Crippen LogP contribution in [0.5, 0.6) is 0 Å². The molecule has 13 heteroatoms. The van der Waals surface area contributed by atoms with Crippen LogP contribution in [-0.2, 0) is 24.0 Å². The summed E-state index contributed by atoms with van der Waals surface area (Å²) in [6.07, 6.45) is 4.84. The van der Waals surface area contributed by atoms with Crippen LogP contribution in [0.25, 0.3) is 0 Å². The highest BCUT2D eigenvalue weighted by molar-refractivity contribution is 7.99. The summed E-state index contributed by atoms with van der Waals surface area (Å²) in [4.78, 5) is 62.1. The van der Waals surface area contributed by atoms with E-state index in [9.17, 15) is 34.2 Å². The molecule has 0 radical (unpaired) electrons. The summed E-state index contributed by atoms with van der Waals surface area (Å²) in [5.41, 5.74) is 5.26. The third-order valence-electron chi connectivity index (χ3n) is 7.28. The lowest BCUT2D eigenvalue weighted by Gasteiger charge is -2.26. The summed E-state index contributed by atoms with van der Waals surface area (Å²) in [6.45, 7) is 9.17. The van der Waals surface area contributed by atoms with Crippen LogP contribution in [0.15, 0.2) is 0 Å². The lowest BCUT2D eigenvalue weighted by Crippen LogP contribution is -2.55. The minimum Gasteiger partial charge on any atom is -0.481 e. The fourth-order valence-electron chi connectivity index (χ4n) is 4.38. The summed E-state index contributed by atoms with van der Waals surface area (Å²) < 4.78 is 0. The number of likely N-dealkylation sites (N-methyl/N-ethyl adjacent to an activating group) is 1. The van der Waals surface area contributed by atoms with Crippen LogP contribution in [0.3, 0.4) is 0 Å². The first kappa shape index (κ1) is 39.8. The van der Waals surface area contributed by atoms with Crippen molar-refractivity contribution in [1.82, 2.24) is 21.3 Å². The third-order valence-corrected chi connectivity index (χ3v) is 8.33. The molecule has 0 bridgehead atoms. The maximum absolute atomic E-state index is 13.4. The largest absolute Gasteiger partial charge is 0.481 e. The van der Waals surface area contributed by atoms with E-state index >= 15 is 0 Å². The average Bonchev–Trinajstić information content (AvgIpc) is 2.93. The van der Waals surface area contributed by atoms with Crippen LogP contribution < -0.4 is 27.0 Å². The van der Waals surface area contributed by atoms with Crippen LogP contribution in [0.4, 0.5) is 0 Å². The Morgan fingerprint density at radius 1 is 0.833 bits per heavy atom. The highest BCUT2D eigenvalue weighted by Gasteiger charge is 2.30. The molecule has 8 N–H and O–H groups in total. The molecule has 0 saturated heterocycles. The summed E-state index contributed by atoms with van der Waals surface area (Å²) in [5.74, 6) is -2.14. The van der Waals surface area contributed by atoms with Crippen molar-refractivity contribution >= 4 is 41.2 Å². The molecule has 3 unspecified atom stereocenters. The molecule has 0 aromatic rings.